The number of amides is 1. The van der Waals surface area contributed by atoms with Crippen LogP contribution < -0.4 is 5.32 Å². The van der Waals surface area contributed by atoms with E-state index in [1.54, 1.807) is 4.68 Å². The molecule has 0 radical (unpaired) electrons. The summed E-state index contributed by atoms with van der Waals surface area (Å²) >= 11 is 0. The fraction of sp³-hybridized carbons (Fsp3) is 0.400. The first-order valence-electron chi connectivity index (χ1n) is 9.72. The lowest BCUT2D eigenvalue weighted by Crippen LogP contribution is -2.25. The predicted octanol–water partition coefficient (Wildman–Crippen LogP) is 1.77. The van der Waals surface area contributed by atoms with Crippen molar-refractivity contribution < 1.29 is 17.7 Å². The summed E-state index contributed by atoms with van der Waals surface area (Å²) in [6.45, 7) is 3.84. The summed E-state index contributed by atoms with van der Waals surface area (Å²) in [5.74, 6) is 0.878. The number of hydrogen-bond donors (Lipinski definition) is 1. The van der Waals surface area contributed by atoms with Crippen molar-refractivity contribution in [2.45, 2.75) is 39.3 Å². The first kappa shape index (κ1) is 20.3. The topological polar surface area (TPSA) is 120 Å². The summed E-state index contributed by atoms with van der Waals surface area (Å²) in [5.41, 5.74) is 3.21. The fourth-order valence-electron chi connectivity index (χ4n) is 3.71. The van der Waals surface area contributed by atoms with E-state index in [1.165, 1.54) is 0 Å². The number of aryl methyl sites for hydroxylation is 1. The molecule has 1 N–H and O–H groups in total. The Kier molecular flexibility index (Phi) is 5.42. The lowest BCUT2D eigenvalue weighted by Gasteiger charge is -2.11. The summed E-state index contributed by atoms with van der Waals surface area (Å²) in [6.07, 6.45) is 0.702. The van der Waals surface area contributed by atoms with Gasteiger partial charge >= 0.3 is 0 Å². The second-order valence-electron chi connectivity index (χ2n) is 7.48. The molecule has 9 nitrogen and oxygen atoms in total. The SMILES string of the molecule is Cc1nn([C@H]2CCS(=O)(=O)C2)c(C)c1CC(=O)NCc1nc(-c2ccccc2)no1. The van der Waals surface area contributed by atoms with Crippen LogP contribution in [0.4, 0.5) is 0 Å². The second kappa shape index (κ2) is 8.02. The van der Waals surface area contributed by atoms with Crippen LogP contribution in [0.15, 0.2) is 34.9 Å². The molecule has 0 aliphatic carbocycles. The van der Waals surface area contributed by atoms with E-state index in [1.807, 2.05) is 44.2 Å². The van der Waals surface area contributed by atoms with Crippen LogP contribution in [0, 0.1) is 13.8 Å². The number of aromatic nitrogens is 4. The Balaban J connectivity index is 1.38. The molecular formula is C20H23N5O4S. The van der Waals surface area contributed by atoms with E-state index in [-0.39, 0.29) is 36.4 Å². The number of hydrogen-bond acceptors (Lipinski definition) is 7. The van der Waals surface area contributed by atoms with Crippen LogP contribution >= 0.6 is 0 Å². The van der Waals surface area contributed by atoms with Gasteiger partial charge < -0.3 is 9.84 Å². The number of rotatable bonds is 6. The zero-order valence-corrected chi connectivity index (χ0v) is 17.6. The zero-order chi connectivity index (χ0) is 21.3. The highest BCUT2D eigenvalue weighted by Crippen LogP contribution is 2.27. The molecule has 1 aliphatic rings. The summed E-state index contributed by atoms with van der Waals surface area (Å²) in [6, 6.07) is 9.28. The maximum Gasteiger partial charge on any atom is 0.246 e. The number of nitrogens with zero attached hydrogens (tertiary/aromatic N) is 4. The minimum absolute atomic E-state index is 0.0987. The van der Waals surface area contributed by atoms with Crippen LogP contribution in [0.3, 0.4) is 0 Å². The van der Waals surface area contributed by atoms with Gasteiger partial charge in [0.25, 0.3) is 0 Å². The highest BCUT2D eigenvalue weighted by molar-refractivity contribution is 7.91. The predicted molar refractivity (Wildman–Crippen MR) is 109 cm³/mol. The third kappa shape index (κ3) is 4.28. The lowest BCUT2D eigenvalue weighted by atomic mass is 10.1. The Morgan fingerprint density at radius 1 is 1.27 bits per heavy atom. The van der Waals surface area contributed by atoms with Crippen molar-refractivity contribution >= 4 is 15.7 Å². The first-order valence-corrected chi connectivity index (χ1v) is 11.5. The standard InChI is InChI=1S/C20H23N5O4S/c1-13-17(14(2)25(23-13)16-8-9-30(27,28)12-16)10-18(26)21-11-19-22-20(24-29-19)15-6-4-3-5-7-15/h3-7,16H,8-12H2,1-2H3,(H,21,26)/t16-/m0/s1. The van der Waals surface area contributed by atoms with Gasteiger partial charge in [0.15, 0.2) is 9.84 Å². The van der Waals surface area contributed by atoms with Crippen LogP contribution in [0.25, 0.3) is 11.4 Å². The van der Waals surface area contributed by atoms with Crippen molar-refractivity contribution in [3.05, 3.63) is 53.2 Å². The first-order chi connectivity index (χ1) is 14.3. The molecular weight excluding hydrogens is 406 g/mol. The molecule has 0 unspecified atom stereocenters. The summed E-state index contributed by atoms with van der Waals surface area (Å²) < 4.78 is 30.5. The van der Waals surface area contributed by atoms with Crippen molar-refractivity contribution in [2.75, 3.05) is 11.5 Å². The zero-order valence-electron chi connectivity index (χ0n) is 16.8. The Hall–Kier alpha value is -3.01. The van der Waals surface area contributed by atoms with Crippen LogP contribution in [-0.2, 0) is 27.6 Å². The van der Waals surface area contributed by atoms with E-state index in [0.29, 0.717) is 18.1 Å². The number of carbonyl (C=O) groups excluding carboxylic acids is 1. The molecule has 0 spiro atoms. The van der Waals surface area contributed by atoms with Gasteiger partial charge in [-0.15, -0.1) is 0 Å². The highest BCUT2D eigenvalue weighted by Gasteiger charge is 2.31. The van der Waals surface area contributed by atoms with E-state index in [9.17, 15) is 13.2 Å². The largest absolute Gasteiger partial charge is 0.347 e. The minimum atomic E-state index is -3.01. The average Bonchev–Trinajstić information content (AvgIpc) is 3.41. The van der Waals surface area contributed by atoms with Crippen LogP contribution in [0.2, 0.25) is 0 Å². The molecule has 1 amide bonds. The van der Waals surface area contributed by atoms with Crippen molar-refractivity contribution in [1.82, 2.24) is 25.2 Å². The van der Waals surface area contributed by atoms with Crippen molar-refractivity contribution in [1.29, 1.82) is 0 Å². The Morgan fingerprint density at radius 2 is 2.03 bits per heavy atom. The second-order valence-corrected chi connectivity index (χ2v) is 9.71. The summed E-state index contributed by atoms with van der Waals surface area (Å²) in [4.78, 5) is 16.8. The third-order valence-corrected chi connectivity index (χ3v) is 7.05. The van der Waals surface area contributed by atoms with Gasteiger partial charge in [-0.25, -0.2) is 8.42 Å². The molecule has 0 bridgehead atoms. The van der Waals surface area contributed by atoms with Crippen LogP contribution in [-0.4, -0.2) is 45.8 Å². The lowest BCUT2D eigenvalue weighted by molar-refractivity contribution is -0.120. The van der Waals surface area contributed by atoms with Gasteiger partial charge in [-0.2, -0.15) is 10.1 Å². The molecule has 3 heterocycles. The minimum Gasteiger partial charge on any atom is -0.347 e. The highest BCUT2D eigenvalue weighted by atomic mass is 32.2. The van der Waals surface area contributed by atoms with Gasteiger partial charge in [0.2, 0.25) is 17.6 Å². The van der Waals surface area contributed by atoms with Gasteiger partial charge in [-0.3, -0.25) is 9.48 Å². The number of sulfone groups is 1. The van der Waals surface area contributed by atoms with Crippen molar-refractivity contribution in [3.63, 3.8) is 0 Å². The Bertz CT molecular complexity index is 1170. The molecule has 30 heavy (non-hydrogen) atoms. The Morgan fingerprint density at radius 3 is 2.73 bits per heavy atom. The van der Waals surface area contributed by atoms with E-state index >= 15 is 0 Å². The maximum atomic E-state index is 12.5. The van der Waals surface area contributed by atoms with Crippen molar-refractivity contribution in [3.8, 4) is 11.4 Å². The fourth-order valence-corrected chi connectivity index (χ4v) is 5.40. The van der Waals surface area contributed by atoms with Crippen molar-refractivity contribution in [2.24, 2.45) is 0 Å². The summed E-state index contributed by atoms with van der Waals surface area (Å²) in [7, 11) is -3.01. The van der Waals surface area contributed by atoms with E-state index in [2.05, 4.69) is 20.6 Å². The van der Waals surface area contributed by atoms with E-state index < -0.39 is 9.84 Å². The van der Waals surface area contributed by atoms with Gasteiger partial charge in [0.05, 0.1) is 36.2 Å². The molecule has 1 atom stereocenters. The van der Waals surface area contributed by atoms with E-state index in [4.69, 9.17) is 4.52 Å². The normalized spacial score (nSPS) is 17.9. The number of carbonyl (C=O) groups is 1. The molecule has 3 aromatic rings. The van der Waals surface area contributed by atoms with E-state index in [0.717, 1.165) is 22.5 Å². The van der Waals surface area contributed by atoms with Gasteiger partial charge in [0, 0.05) is 16.8 Å². The molecule has 4 rings (SSSR count). The van der Waals surface area contributed by atoms with Gasteiger partial charge in [-0.05, 0) is 20.3 Å². The molecule has 0 saturated carbocycles. The molecule has 1 fully saturated rings. The molecule has 1 aromatic carbocycles. The molecule has 158 valence electrons. The maximum absolute atomic E-state index is 12.5. The third-order valence-electron chi connectivity index (χ3n) is 5.30. The number of benzene rings is 1. The molecule has 1 aliphatic heterocycles. The van der Waals surface area contributed by atoms with Gasteiger partial charge in [-0.1, -0.05) is 35.5 Å². The molecule has 2 aromatic heterocycles. The van der Waals surface area contributed by atoms with Gasteiger partial charge in [0.1, 0.15) is 0 Å². The van der Waals surface area contributed by atoms with Crippen LogP contribution in [0.1, 0.15) is 35.3 Å². The van der Waals surface area contributed by atoms with Crippen LogP contribution in [0.5, 0.6) is 0 Å². The number of nitrogens with one attached hydrogen (secondary N) is 1. The molecule has 10 heteroatoms. The Labute approximate surface area is 174 Å². The quantitative estimate of drug-likeness (QED) is 0.634. The summed E-state index contributed by atoms with van der Waals surface area (Å²) in [5, 5.41) is 11.2. The average molecular weight is 430 g/mol. The monoisotopic (exact) mass is 429 g/mol. The smallest absolute Gasteiger partial charge is 0.246 e. The molecule has 1 saturated heterocycles.